The number of rotatable bonds is 16. The number of nitrogens with one attached hydrogen (secondary N) is 11. The van der Waals surface area contributed by atoms with Gasteiger partial charge in [-0.2, -0.15) is 0 Å². The van der Waals surface area contributed by atoms with E-state index in [4.69, 9.17) is 28.0 Å². The summed E-state index contributed by atoms with van der Waals surface area (Å²) in [5, 5.41) is 37.7. The molecule has 0 spiro atoms. The topological polar surface area (TPSA) is 378 Å². The van der Waals surface area contributed by atoms with Crippen molar-refractivity contribution >= 4 is 91.7 Å². The number of carbonyl (C=O) groups is 8. The van der Waals surface area contributed by atoms with E-state index in [1.165, 1.54) is 33.4 Å². The zero-order chi connectivity index (χ0) is 51.5. The van der Waals surface area contributed by atoms with E-state index in [-0.39, 0.29) is 88.0 Å². The number of hydrogen-bond donors (Lipinski definition) is 14. The molecule has 0 unspecified atom stereocenters. The molecule has 8 amide bonds. The summed E-state index contributed by atoms with van der Waals surface area (Å²) in [6.45, 7) is 1.81. The van der Waals surface area contributed by atoms with Crippen LogP contribution in [0.3, 0.4) is 0 Å². The molecule has 0 bridgehead atoms. The van der Waals surface area contributed by atoms with Gasteiger partial charge in [-0.15, -0.1) is 0 Å². The number of aromatic nitrogens is 1. The van der Waals surface area contributed by atoms with Crippen LogP contribution in [0.15, 0.2) is 60.8 Å². The predicted octanol–water partition coefficient (Wildman–Crippen LogP) is -1.33. The van der Waals surface area contributed by atoms with Crippen LogP contribution in [0.2, 0.25) is 0 Å². The van der Waals surface area contributed by atoms with E-state index in [1.54, 1.807) is 36.5 Å². The Bertz CT molecular complexity index is 2390. The lowest BCUT2D eigenvalue weighted by atomic mass is 10.0. The number of H-pyrrole nitrogens is 1. The quantitative estimate of drug-likeness (QED) is 0.0342. The predicted molar refractivity (Wildman–Crippen MR) is 271 cm³/mol. The number of primary amides is 1. The van der Waals surface area contributed by atoms with Crippen LogP contribution in [0.4, 0.5) is 0 Å². The summed E-state index contributed by atoms with van der Waals surface area (Å²) in [6.07, 6.45) is 3.07. The Hall–Kier alpha value is -7.02. The number of carbonyl (C=O) groups excluding carboxylic acids is 8. The second kappa shape index (κ2) is 27.4. The number of guanidine groups is 2. The zero-order valence-corrected chi connectivity index (χ0v) is 41.1. The van der Waals surface area contributed by atoms with E-state index in [2.05, 4.69) is 47.5 Å². The van der Waals surface area contributed by atoms with Crippen LogP contribution in [0.25, 0.3) is 10.9 Å². The van der Waals surface area contributed by atoms with E-state index in [9.17, 15) is 38.4 Å². The van der Waals surface area contributed by atoms with Crippen molar-refractivity contribution < 1.29 is 38.4 Å². The van der Waals surface area contributed by atoms with Crippen molar-refractivity contribution in [1.29, 1.82) is 10.8 Å². The first-order chi connectivity index (χ1) is 34.0. The van der Waals surface area contributed by atoms with Gasteiger partial charge in [0, 0.05) is 68.0 Å². The van der Waals surface area contributed by atoms with Gasteiger partial charge in [0.1, 0.15) is 42.3 Å². The molecule has 2 fully saturated rings. The molecular formula is C46H65N15O8S2. The molecule has 2 saturated heterocycles. The molecule has 7 atom stereocenters. The van der Waals surface area contributed by atoms with Crippen molar-refractivity contribution in [3.05, 3.63) is 71.9 Å². The molecule has 384 valence electrons. The van der Waals surface area contributed by atoms with Gasteiger partial charge >= 0.3 is 0 Å². The molecular weight excluding hydrogens is 955 g/mol. The third kappa shape index (κ3) is 17.1. The van der Waals surface area contributed by atoms with Crippen LogP contribution in [0, 0.1) is 10.8 Å². The number of benzene rings is 2. The van der Waals surface area contributed by atoms with Crippen LogP contribution in [0.1, 0.15) is 63.0 Å². The van der Waals surface area contributed by atoms with Crippen molar-refractivity contribution in [3.63, 3.8) is 0 Å². The highest BCUT2D eigenvalue weighted by atomic mass is 33.1. The summed E-state index contributed by atoms with van der Waals surface area (Å²) < 4.78 is 0. The van der Waals surface area contributed by atoms with E-state index < -0.39 is 89.6 Å². The summed E-state index contributed by atoms with van der Waals surface area (Å²) >= 11 is 0. The van der Waals surface area contributed by atoms with Gasteiger partial charge in [-0.1, -0.05) is 70.1 Å². The number of nitrogens with two attached hydrogens (primary N) is 3. The van der Waals surface area contributed by atoms with Gasteiger partial charge in [-0.05, 0) is 62.1 Å². The van der Waals surface area contributed by atoms with Crippen molar-refractivity contribution in [2.75, 3.05) is 31.1 Å². The molecule has 0 saturated carbocycles. The normalized spacial score (nSPS) is 22.3. The standard InChI is InChI=1S/C46H65N15O8S2/c1-26(62)55-31(14-7-18-52-45(48)49)39(64)57-33-17-21-70-71-25-36(38(47)63)60-42(67)35(23-28-24-54-30-13-6-5-12-29(28)30)58-40(65)32(15-8-19-53-46(50)51)56-41(66)34(22-27-10-3-2-4-11-27)59-43(68)37-16-9-20-61(37)44(33)69/h2-6,10-13,24,31-37,54H,7-9,14-23,25H2,1H3,(H2,47,63)(H,55,62)(H,56,66)(H,57,64)(H,58,65)(H,59,68)(H,60,67)(H4,48,49,52)(H4,50,51,53)/t31-,32-,33-,34+,35-,36-,37+/m0/s1. The Morgan fingerprint density at radius 1 is 0.775 bits per heavy atom. The van der Waals surface area contributed by atoms with Crippen LogP contribution in [0.5, 0.6) is 0 Å². The maximum atomic E-state index is 14.6. The fraction of sp³-hybridized carbons (Fsp3) is 0.478. The lowest BCUT2D eigenvalue weighted by molar-refractivity contribution is -0.142. The van der Waals surface area contributed by atoms with Gasteiger partial charge < -0.3 is 69.6 Å². The number of nitrogens with zero attached hydrogens (tertiary/aromatic N) is 1. The van der Waals surface area contributed by atoms with Gasteiger partial charge in [-0.25, -0.2) is 0 Å². The van der Waals surface area contributed by atoms with Crippen LogP contribution < -0.4 is 59.7 Å². The molecule has 0 aliphatic carbocycles. The molecule has 2 aliphatic rings. The maximum absolute atomic E-state index is 14.6. The van der Waals surface area contributed by atoms with E-state index in [1.807, 2.05) is 24.3 Å². The van der Waals surface area contributed by atoms with Crippen molar-refractivity contribution in [1.82, 2.24) is 52.4 Å². The number of hydrogen-bond acceptors (Lipinski definition) is 12. The Kier molecular flexibility index (Phi) is 21.2. The second-order valence-corrected chi connectivity index (χ2v) is 19.9. The molecule has 2 aliphatic heterocycles. The smallest absolute Gasteiger partial charge is 0.245 e. The minimum atomic E-state index is -1.29. The average molecular weight is 1020 g/mol. The Balaban J connectivity index is 1.50. The lowest BCUT2D eigenvalue weighted by Gasteiger charge is -2.31. The van der Waals surface area contributed by atoms with Gasteiger partial charge in [0.25, 0.3) is 0 Å². The largest absolute Gasteiger partial charge is 0.370 e. The number of amides is 8. The SMILES string of the molecule is CC(=O)N[C@@H](CCCNC(=N)N)C(=O)N[C@H]1CCSSC[C@@H](C(N)=O)NC(=O)[C@H](Cc2c[nH]c3ccccc23)NC(=O)[C@H](CCCNC(=N)N)NC(=O)[C@@H](Cc2ccccc2)NC(=O)[C@H]2CCCN2C1=O. The maximum Gasteiger partial charge on any atom is 0.245 e. The minimum absolute atomic E-state index is 0.000828. The molecule has 23 nitrogen and oxygen atoms in total. The molecule has 25 heteroatoms. The fourth-order valence-corrected chi connectivity index (χ4v) is 10.6. The van der Waals surface area contributed by atoms with Gasteiger partial charge in [-0.3, -0.25) is 49.2 Å². The molecule has 2 aromatic carbocycles. The van der Waals surface area contributed by atoms with E-state index in [0.717, 1.165) is 10.9 Å². The molecule has 5 rings (SSSR count). The first-order valence-electron chi connectivity index (χ1n) is 23.4. The van der Waals surface area contributed by atoms with Crippen LogP contribution in [-0.2, 0) is 51.2 Å². The molecule has 0 radical (unpaired) electrons. The molecule has 3 aromatic rings. The summed E-state index contributed by atoms with van der Waals surface area (Å²) in [6, 6.07) is 7.86. The first-order valence-corrected chi connectivity index (χ1v) is 25.9. The van der Waals surface area contributed by atoms with E-state index in [0.29, 0.717) is 24.0 Å². The molecule has 3 heterocycles. The number of fused-ring (bicyclic) bond motifs is 2. The molecule has 17 N–H and O–H groups in total. The highest BCUT2D eigenvalue weighted by Crippen LogP contribution is 2.26. The third-order valence-electron chi connectivity index (χ3n) is 11.9. The van der Waals surface area contributed by atoms with Crippen molar-refractivity contribution in [2.45, 2.75) is 107 Å². The van der Waals surface area contributed by atoms with Crippen molar-refractivity contribution in [3.8, 4) is 0 Å². The second-order valence-electron chi connectivity index (χ2n) is 17.3. The molecule has 71 heavy (non-hydrogen) atoms. The summed E-state index contributed by atoms with van der Waals surface area (Å²) in [7, 11) is 2.42. The van der Waals surface area contributed by atoms with Crippen LogP contribution >= 0.6 is 21.6 Å². The fourth-order valence-electron chi connectivity index (χ4n) is 8.28. The zero-order valence-electron chi connectivity index (χ0n) is 39.5. The Morgan fingerprint density at radius 2 is 1.41 bits per heavy atom. The summed E-state index contributed by atoms with van der Waals surface area (Å²) in [5.74, 6) is -5.79. The molecule has 1 aromatic heterocycles. The van der Waals surface area contributed by atoms with Crippen LogP contribution in [-0.4, -0.2) is 142 Å². The third-order valence-corrected chi connectivity index (χ3v) is 14.3. The average Bonchev–Trinajstić information content (AvgIpc) is 3.99. The van der Waals surface area contributed by atoms with Crippen molar-refractivity contribution in [2.24, 2.45) is 17.2 Å². The van der Waals surface area contributed by atoms with Gasteiger partial charge in [0.15, 0.2) is 11.9 Å². The lowest BCUT2D eigenvalue weighted by Crippen LogP contribution is -2.60. The summed E-state index contributed by atoms with van der Waals surface area (Å²) in [5.41, 5.74) is 18.9. The van der Waals surface area contributed by atoms with E-state index >= 15 is 0 Å². The highest BCUT2D eigenvalue weighted by molar-refractivity contribution is 8.76. The van der Waals surface area contributed by atoms with Gasteiger partial charge in [0.2, 0.25) is 47.3 Å². The minimum Gasteiger partial charge on any atom is -0.370 e. The number of para-hydroxylation sites is 1. The highest BCUT2D eigenvalue weighted by Gasteiger charge is 2.40. The Morgan fingerprint density at radius 3 is 2.11 bits per heavy atom. The monoisotopic (exact) mass is 1020 g/mol. The Labute approximate surface area is 419 Å². The van der Waals surface area contributed by atoms with Gasteiger partial charge in [0.05, 0.1) is 0 Å². The summed E-state index contributed by atoms with van der Waals surface area (Å²) in [4.78, 5) is 116. The number of aromatic amines is 1. The first kappa shape index (κ1) is 54.9.